The zero-order valence-corrected chi connectivity index (χ0v) is 10.7. The quantitative estimate of drug-likeness (QED) is 0.656. The van der Waals surface area contributed by atoms with Gasteiger partial charge in [0.15, 0.2) is 5.69 Å². The number of amides is 1. The second kappa shape index (κ2) is 5.35. The van der Waals surface area contributed by atoms with Crippen molar-refractivity contribution in [2.24, 2.45) is 0 Å². The summed E-state index contributed by atoms with van der Waals surface area (Å²) in [5.41, 5.74) is 6.95. The predicted octanol–water partition coefficient (Wildman–Crippen LogP) is 2.13. The van der Waals surface area contributed by atoms with Crippen LogP contribution in [0.1, 0.15) is 16.1 Å². The van der Waals surface area contributed by atoms with Gasteiger partial charge in [-0.15, -0.1) is 0 Å². The van der Waals surface area contributed by atoms with E-state index in [1.54, 1.807) is 25.1 Å². The lowest BCUT2D eigenvalue weighted by atomic mass is 10.1. The average molecular weight is 272 g/mol. The number of nitrogens with zero attached hydrogens (tertiary/aromatic N) is 2. The summed E-state index contributed by atoms with van der Waals surface area (Å²) < 4.78 is 0. The van der Waals surface area contributed by atoms with E-state index >= 15 is 0 Å². The van der Waals surface area contributed by atoms with Gasteiger partial charge in [-0.1, -0.05) is 6.07 Å². The van der Waals surface area contributed by atoms with Crippen LogP contribution in [0.25, 0.3) is 0 Å². The SMILES string of the molecule is Cc1ccc([N+](=O)[O-])cc1NC(=O)c1ncccc1N. The van der Waals surface area contributed by atoms with Crippen molar-refractivity contribution in [1.82, 2.24) is 4.98 Å². The van der Waals surface area contributed by atoms with Crippen molar-refractivity contribution in [3.05, 3.63) is 57.9 Å². The maximum atomic E-state index is 12.0. The van der Waals surface area contributed by atoms with Crippen molar-refractivity contribution < 1.29 is 9.72 Å². The zero-order chi connectivity index (χ0) is 14.7. The van der Waals surface area contributed by atoms with Gasteiger partial charge >= 0.3 is 0 Å². The Bertz CT molecular complexity index is 685. The summed E-state index contributed by atoms with van der Waals surface area (Å²) in [4.78, 5) is 26.1. The van der Waals surface area contributed by atoms with Gasteiger partial charge < -0.3 is 11.1 Å². The van der Waals surface area contributed by atoms with E-state index in [4.69, 9.17) is 5.73 Å². The number of rotatable bonds is 3. The maximum absolute atomic E-state index is 12.0. The molecule has 20 heavy (non-hydrogen) atoms. The lowest BCUT2D eigenvalue weighted by Gasteiger charge is -2.08. The number of anilines is 2. The van der Waals surface area contributed by atoms with E-state index in [1.165, 1.54) is 18.3 Å². The average Bonchev–Trinajstić information content (AvgIpc) is 2.41. The minimum atomic E-state index is -0.524. The zero-order valence-electron chi connectivity index (χ0n) is 10.7. The smallest absolute Gasteiger partial charge is 0.276 e. The summed E-state index contributed by atoms with van der Waals surface area (Å²) in [6, 6.07) is 7.41. The molecule has 2 rings (SSSR count). The molecule has 7 nitrogen and oxygen atoms in total. The first-order valence-corrected chi connectivity index (χ1v) is 5.76. The van der Waals surface area contributed by atoms with E-state index in [0.717, 1.165) is 0 Å². The van der Waals surface area contributed by atoms with Crippen LogP contribution in [0.15, 0.2) is 36.5 Å². The van der Waals surface area contributed by atoms with Crippen LogP contribution in [0.2, 0.25) is 0 Å². The van der Waals surface area contributed by atoms with Crippen molar-refractivity contribution in [3.63, 3.8) is 0 Å². The molecule has 0 bridgehead atoms. The molecule has 0 unspecified atom stereocenters. The van der Waals surface area contributed by atoms with Gasteiger partial charge in [0.1, 0.15) is 0 Å². The second-order valence-corrected chi connectivity index (χ2v) is 4.15. The standard InChI is InChI=1S/C13H12N4O3/c1-8-4-5-9(17(19)20)7-11(8)16-13(18)12-10(14)3-2-6-15-12/h2-7H,14H2,1H3,(H,16,18). The Balaban J connectivity index is 2.30. The summed E-state index contributed by atoms with van der Waals surface area (Å²) in [6.07, 6.45) is 1.45. The molecule has 2 aromatic rings. The number of hydrogen-bond donors (Lipinski definition) is 2. The molecule has 0 saturated heterocycles. The predicted molar refractivity (Wildman–Crippen MR) is 74.4 cm³/mol. The topological polar surface area (TPSA) is 111 Å². The highest BCUT2D eigenvalue weighted by molar-refractivity contribution is 6.06. The lowest BCUT2D eigenvalue weighted by Crippen LogP contribution is -2.16. The fourth-order valence-corrected chi connectivity index (χ4v) is 1.65. The Hall–Kier alpha value is -2.96. The second-order valence-electron chi connectivity index (χ2n) is 4.15. The van der Waals surface area contributed by atoms with Crippen LogP contribution in [-0.2, 0) is 0 Å². The van der Waals surface area contributed by atoms with Crippen molar-refractivity contribution in [2.45, 2.75) is 6.92 Å². The number of nitrogens with one attached hydrogen (secondary N) is 1. The molecule has 0 radical (unpaired) electrons. The molecule has 0 fully saturated rings. The van der Waals surface area contributed by atoms with Gasteiger partial charge in [0, 0.05) is 18.3 Å². The number of aromatic nitrogens is 1. The van der Waals surface area contributed by atoms with Gasteiger partial charge in [-0.25, -0.2) is 4.98 Å². The third kappa shape index (κ3) is 2.72. The van der Waals surface area contributed by atoms with Crippen LogP contribution < -0.4 is 11.1 Å². The highest BCUT2D eigenvalue weighted by atomic mass is 16.6. The number of aryl methyl sites for hydroxylation is 1. The van der Waals surface area contributed by atoms with Gasteiger partial charge in [-0.2, -0.15) is 0 Å². The van der Waals surface area contributed by atoms with Crippen molar-refractivity contribution in [2.75, 3.05) is 11.1 Å². The Morgan fingerprint density at radius 2 is 2.15 bits per heavy atom. The molecule has 0 aliphatic carbocycles. The van der Waals surface area contributed by atoms with Crippen LogP contribution in [0, 0.1) is 17.0 Å². The van der Waals surface area contributed by atoms with E-state index in [9.17, 15) is 14.9 Å². The molecular weight excluding hydrogens is 260 g/mol. The summed E-state index contributed by atoms with van der Waals surface area (Å²) in [5, 5.41) is 13.3. The molecule has 102 valence electrons. The van der Waals surface area contributed by atoms with Crippen LogP contribution in [0.5, 0.6) is 0 Å². The highest BCUT2D eigenvalue weighted by Gasteiger charge is 2.14. The van der Waals surface area contributed by atoms with Crippen LogP contribution in [-0.4, -0.2) is 15.8 Å². The van der Waals surface area contributed by atoms with E-state index in [-0.39, 0.29) is 17.1 Å². The van der Waals surface area contributed by atoms with Gasteiger partial charge in [0.25, 0.3) is 11.6 Å². The molecule has 1 aromatic carbocycles. The molecule has 7 heteroatoms. The number of nitro benzene ring substituents is 1. The van der Waals surface area contributed by atoms with Crippen molar-refractivity contribution >= 4 is 23.0 Å². The minimum Gasteiger partial charge on any atom is -0.397 e. The summed E-state index contributed by atoms with van der Waals surface area (Å²) >= 11 is 0. The van der Waals surface area contributed by atoms with Crippen LogP contribution in [0.4, 0.5) is 17.1 Å². The largest absolute Gasteiger partial charge is 0.397 e. The number of carbonyl (C=O) groups excluding carboxylic acids is 1. The third-order valence-electron chi connectivity index (χ3n) is 2.73. The first-order chi connectivity index (χ1) is 9.49. The maximum Gasteiger partial charge on any atom is 0.276 e. The summed E-state index contributed by atoms with van der Waals surface area (Å²) in [7, 11) is 0. The van der Waals surface area contributed by atoms with Gasteiger partial charge in [-0.3, -0.25) is 14.9 Å². The fourth-order valence-electron chi connectivity index (χ4n) is 1.65. The summed E-state index contributed by atoms with van der Waals surface area (Å²) in [6.45, 7) is 1.74. The van der Waals surface area contributed by atoms with E-state index < -0.39 is 10.8 Å². The minimum absolute atomic E-state index is 0.0819. The van der Waals surface area contributed by atoms with Crippen molar-refractivity contribution in [3.8, 4) is 0 Å². The molecule has 0 aliphatic heterocycles. The lowest BCUT2D eigenvalue weighted by molar-refractivity contribution is -0.384. The van der Waals surface area contributed by atoms with E-state index in [2.05, 4.69) is 10.3 Å². The molecule has 0 spiro atoms. The third-order valence-corrected chi connectivity index (χ3v) is 2.73. The molecule has 0 atom stereocenters. The van der Waals surface area contributed by atoms with Crippen LogP contribution in [0.3, 0.4) is 0 Å². The Morgan fingerprint density at radius 1 is 1.40 bits per heavy atom. The number of non-ortho nitro benzene ring substituents is 1. The van der Waals surface area contributed by atoms with Crippen molar-refractivity contribution in [1.29, 1.82) is 0 Å². The molecule has 1 amide bonds. The molecule has 0 saturated carbocycles. The normalized spacial score (nSPS) is 10.1. The van der Waals surface area contributed by atoms with Gasteiger partial charge in [0.05, 0.1) is 16.3 Å². The number of nitrogens with two attached hydrogens (primary N) is 1. The number of hydrogen-bond acceptors (Lipinski definition) is 5. The van der Waals surface area contributed by atoms with Gasteiger partial charge in [0.2, 0.25) is 0 Å². The first kappa shape index (κ1) is 13.5. The number of nitro groups is 1. The summed E-state index contributed by atoms with van der Waals surface area (Å²) in [5.74, 6) is -0.508. The monoisotopic (exact) mass is 272 g/mol. The Labute approximate surface area is 114 Å². The molecule has 1 aromatic heterocycles. The number of pyridine rings is 1. The number of nitrogen functional groups attached to an aromatic ring is 1. The number of carbonyl (C=O) groups is 1. The molecule has 0 aliphatic rings. The number of benzene rings is 1. The first-order valence-electron chi connectivity index (χ1n) is 5.76. The van der Waals surface area contributed by atoms with Gasteiger partial charge in [-0.05, 0) is 24.6 Å². The Kier molecular flexibility index (Phi) is 3.60. The van der Waals surface area contributed by atoms with Crippen LogP contribution >= 0.6 is 0 Å². The Morgan fingerprint density at radius 3 is 2.80 bits per heavy atom. The molecule has 1 heterocycles. The highest BCUT2D eigenvalue weighted by Crippen LogP contribution is 2.22. The molecular formula is C13H12N4O3. The van der Waals surface area contributed by atoms with E-state index in [1.807, 2.05) is 0 Å². The molecule has 3 N–H and O–H groups in total. The fraction of sp³-hybridized carbons (Fsp3) is 0.0769. The van der Waals surface area contributed by atoms with E-state index in [0.29, 0.717) is 11.3 Å².